The van der Waals surface area contributed by atoms with E-state index in [1.807, 2.05) is 36.8 Å². The second kappa shape index (κ2) is 8.31. The predicted molar refractivity (Wildman–Crippen MR) is 117 cm³/mol. The number of hydrogen-bond donors (Lipinski definition) is 0. The Morgan fingerprint density at radius 1 is 1.03 bits per heavy atom. The summed E-state index contributed by atoms with van der Waals surface area (Å²) in [6.07, 6.45) is 10.2. The van der Waals surface area contributed by atoms with Gasteiger partial charge in [0.15, 0.2) is 5.82 Å². The summed E-state index contributed by atoms with van der Waals surface area (Å²) in [4.78, 5) is 13.3. The van der Waals surface area contributed by atoms with Crippen molar-refractivity contribution < 1.29 is 13.2 Å². The number of hydrogen-bond acceptors (Lipinski definition) is 4. The van der Waals surface area contributed by atoms with Gasteiger partial charge < -0.3 is 0 Å². The monoisotopic (exact) mass is 450 g/mol. The lowest BCUT2D eigenvalue weighted by Crippen LogP contribution is -2.20. The molecule has 0 saturated carbocycles. The second-order valence-corrected chi connectivity index (χ2v) is 8.19. The van der Waals surface area contributed by atoms with Crippen molar-refractivity contribution in [3.8, 4) is 5.82 Å². The molecule has 0 radical (unpaired) electrons. The minimum atomic E-state index is -0.937. The number of nitrogens with zero attached hydrogens (tertiary/aromatic N) is 6. The molecule has 5 rings (SSSR count). The van der Waals surface area contributed by atoms with Crippen molar-refractivity contribution in [2.24, 2.45) is 0 Å². The lowest BCUT2D eigenvalue weighted by Gasteiger charge is -2.23. The van der Waals surface area contributed by atoms with Crippen molar-refractivity contribution in [3.63, 3.8) is 0 Å². The normalized spacial score (nSPS) is 15.8. The number of pyridine rings is 1. The molecule has 0 amide bonds. The number of halogens is 3. The van der Waals surface area contributed by atoms with E-state index < -0.39 is 23.4 Å². The highest BCUT2D eigenvalue weighted by molar-refractivity contribution is 5.67. The maximum absolute atomic E-state index is 14.4. The van der Waals surface area contributed by atoms with Gasteiger partial charge in [0, 0.05) is 42.6 Å². The predicted octanol–water partition coefficient (Wildman–Crippen LogP) is 4.99. The van der Waals surface area contributed by atoms with E-state index >= 15 is 0 Å². The fraction of sp³-hybridized carbons (Fsp3) is 0.250. The molecule has 0 aliphatic carbocycles. The lowest BCUT2D eigenvalue weighted by atomic mass is 9.90. The molecule has 33 heavy (non-hydrogen) atoms. The average molecular weight is 450 g/mol. The van der Waals surface area contributed by atoms with Crippen LogP contribution in [-0.2, 0) is 6.54 Å². The summed E-state index contributed by atoms with van der Waals surface area (Å²) in [7, 11) is 0. The summed E-state index contributed by atoms with van der Waals surface area (Å²) in [5.74, 6) is -1.64. The fourth-order valence-electron chi connectivity index (χ4n) is 4.26. The van der Waals surface area contributed by atoms with Crippen LogP contribution >= 0.6 is 0 Å². The first-order chi connectivity index (χ1) is 15.9. The molecule has 3 aromatic heterocycles. The van der Waals surface area contributed by atoms with E-state index in [9.17, 15) is 13.2 Å². The number of aryl methyl sites for hydroxylation is 3. The fourth-order valence-corrected chi connectivity index (χ4v) is 4.26. The zero-order valence-electron chi connectivity index (χ0n) is 18.1. The van der Waals surface area contributed by atoms with E-state index in [1.54, 1.807) is 23.3 Å². The highest BCUT2D eigenvalue weighted by Gasteiger charge is 2.30. The topological polar surface area (TPSA) is 61.4 Å². The highest BCUT2D eigenvalue weighted by atomic mass is 19.1. The molecule has 9 heteroatoms. The van der Waals surface area contributed by atoms with Crippen molar-refractivity contribution in [1.82, 2.24) is 29.3 Å². The molecule has 4 heterocycles. The van der Waals surface area contributed by atoms with Gasteiger partial charge in [0.25, 0.3) is 0 Å². The number of benzene rings is 1. The third-order valence-electron chi connectivity index (χ3n) is 5.74. The number of imidazole rings is 1. The van der Waals surface area contributed by atoms with Crippen LogP contribution in [0.5, 0.6) is 0 Å². The molecule has 1 aliphatic heterocycles. The zero-order chi connectivity index (χ0) is 23.1. The Balaban J connectivity index is 1.42. The first kappa shape index (κ1) is 21.1. The Bertz CT molecular complexity index is 1350. The third kappa shape index (κ3) is 4.06. The molecule has 0 spiro atoms. The van der Waals surface area contributed by atoms with Gasteiger partial charge in [0.05, 0.1) is 5.69 Å². The Labute approximate surface area is 188 Å². The van der Waals surface area contributed by atoms with E-state index in [0.29, 0.717) is 43.2 Å². The van der Waals surface area contributed by atoms with E-state index in [0.717, 1.165) is 22.6 Å². The molecule has 1 atom stereocenters. The number of rotatable bonds is 4. The molecule has 4 aromatic rings. The number of aromatic nitrogens is 6. The molecular weight excluding hydrogens is 429 g/mol. The zero-order valence-corrected chi connectivity index (χ0v) is 18.1. The van der Waals surface area contributed by atoms with Gasteiger partial charge >= 0.3 is 0 Å². The maximum atomic E-state index is 14.4. The molecular formula is C24H21F3N6. The van der Waals surface area contributed by atoms with E-state index in [1.165, 1.54) is 0 Å². The molecule has 0 fully saturated rings. The van der Waals surface area contributed by atoms with Gasteiger partial charge in [-0.1, -0.05) is 0 Å². The van der Waals surface area contributed by atoms with E-state index in [4.69, 9.17) is 0 Å². The molecule has 0 N–H and O–H groups in total. The van der Waals surface area contributed by atoms with Crippen molar-refractivity contribution >= 4 is 12.2 Å². The van der Waals surface area contributed by atoms with E-state index in [-0.39, 0.29) is 5.56 Å². The van der Waals surface area contributed by atoms with Crippen LogP contribution < -0.4 is 0 Å². The standard InChI is InChI=1S/C24H21F3N6/c1-14-8-16(11-28-23(14)32-12-15(2)29-13-32)5-6-21-30-24-18(4-3-7-33(24)31-21)22-19(26)9-17(25)10-20(22)27/h5-6,8-13,18H,3-4,7H2,1-2H3/b6-5+/t18-/m1/s1. The van der Waals surface area contributed by atoms with Crippen LogP contribution in [-0.4, -0.2) is 29.3 Å². The molecule has 1 aliphatic rings. The quantitative estimate of drug-likeness (QED) is 0.440. The minimum Gasteiger partial charge on any atom is -0.290 e. The van der Waals surface area contributed by atoms with Crippen molar-refractivity contribution in [2.75, 3.05) is 0 Å². The Morgan fingerprint density at radius 3 is 2.52 bits per heavy atom. The third-order valence-corrected chi connectivity index (χ3v) is 5.74. The Morgan fingerprint density at radius 2 is 1.82 bits per heavy atom. The maximum Gasteiger partial charge on any atom is 0.174 e. The largest absolute Gasteiger partial charge is 0.290 e. The number of fused-ring (bicyclic) bond motifs is 1. The van der Waals surface area contributed by atoms with Crippen molar-refractivity contribution in [3.05, 3.63) is 88.4 Å². The summed E-state index contributed by atoms with van der Waals surface area (Å²) in [5, 5.41) is 4.48. The van der Waals surface area contributed by atoms with Gasteiger partial charge in [0.2, 0.25) is 0 Å². The first-order valence-electron chi connectivity index (χ1n) is 10.6. The van der Waals surface area contributed by atoms with Crippen LogP contribution in [0.3, 0.4) is 0 Å². The van der Waals surface area contributed by atoms with Gasteiger partial charge in [-0.3, -0.25) is 4.57 Å². The van der Waals surface area contributed by atoms with Crippen molar-refractivity contribution in [2.45, 2.75) is 39.2 Å². The Kier molecular flexibility index (Phi) is 5.32. The van der Waals surface area contributed by atoms with Crippen LogP contribution in [0.2, 0.25) is 0 Å². The van der Waals surface area contributed by atoms with Crippen LogP contribution in [0.4, 0.5) is 13.2 Å². The van der Waals surface area contributed by atoms with Crippen LogP contribution in [0, 0.1) is 31.3 Å². The lowest BCUT2D eigenvalue weighted by molar-refractivity contribution is 0.421. The van der Waals surface area contributed by atoms with Gasteiger partial charge in [-0.2, -0.15) is 5.10 Å². The summed E-state index contributed by atoms with van der Waals surface area (Å²) >= 11 is 0. The molecule has 0 bridgehead atoms. The van der Waals surface area contributed by atoms with Crippen LogP contribution in [0.25, 0.3) is 18.0 Å². The molecule has 0 unspecified atom stereocenters. The molecule has 1 aromatic carbocycles. The van der Waals surface area contributed by atoms with Crippen LogP contribution in [0.15, 0.2) is 36.9 Å². The summed E-state index contributed by atoms with van der Waals surface area (Å²) in [6, 6.07) is 3.41. The molecule has 0 saturated heterocycles. The van der Waals surface area contributed by atoms with Gasteiger partial charge in [-0.05, 0) is 56.0 Å². The van der Waals surface area contributed by atoms with Crippen molar-refractivity contribution in [1.29, 1.82) is 0 Å². The SMILES string of the molecule is Cc1cn(-c2ncc(/C=C/c3nc4n(n3)CCC[C@@H]4c3c(F)cc(F)cc3F)cc2C)cn1. The second-order valence-electron chi connectivity index (χ2n) is 8.19. The smallest absolute Gasteiger partial charge is 0.174 e. The highest BCUT2D eigenvalue weighted by Crippen LogP contribution is 2.35. The van der Waals surface area contributed by atoms with Gasteiger partial charge in [-0.15, -0.1) is 0 Å². The molecule has 168 valence electrons. The average Bonchev–Trinajstić information content (AvgIpc) is 3.38. The summed E-state index contributed by atoms with van der Waals surface area (Å²) < 4.78 is 45.7. The van der Waals surface area contributed by atoms with E-state index in [2.05, 4.69) is 20.1 Å². The first-order valence-corrected chi connectivity index (χ1v) is 10.6. The van der Waals surface area contributed by atoms with Gasteiger partial charge in [-0.25, -0.2) is 32.8 Å². The summed E-state index contributed by atoms with van der Waals surface area (Å²) in [6.45, 7) is 4.50. The molecule has 6 nitrogen and oxygen atoms in total. The summed E-state index contributed by atoms with van der Waals surface area (Å²) in [5.41, 5.74) is 2.60. The van der Waals surface area contributed by atoms with Crippen LogP contribution in [0.1, 0.15) is 52.8 Å². The van der Waals surface area contributed by atoms with Gasteiger partial charge in [0.1, 0.15) is 35.4 Å². The Hall–Kier alpha value is -3.75. The minimum absolute atomic E-state index is 0.162.